The molecule has 1 saturated carbocycles. The number of methoxy groups -OCH3 is 1. The SMILES string of the molecule is COC(=O)c1ccc(CNc2ccnc3c(C)cccc23)nc1C1CC1. The van der Waals surface area contributed by atoms with Crippen LogP contribution in [0.3, 0.4) is 0 Å². The number of ether oxygens (including phenoxy) is 1. The summed E-state index contributed by atoms with van der Waals surface area (Å²) in [6.07, 6.45) is 3.99. The molecule has 0 bridgehead atoms. The first-order chi connectivity index (χ1) is 12.7. The van der Waals surface area contributed by atoms with Crippen LogP contribution in [0.2, 0.25) is 0 Å². The van der Waals surface area contributed by atoms with Crippen molar-refractivity contribution in [1.82, 2.24) is 9.97 Å². The zero-order valence-corrected chi connectivity index (χ0v) is 15.0. The van der Waals surface area contributed by atoms with Gasteiger partial charge in [0.1, 0.15) is 0 Å². The number of fused-ring (bicyclic) bond motifs is 1. The van der Waals surface area contributed by atoms with Crippen LogP contribution >= 0.6 is 0 Å². The molecule has 1 N–H and O–H groups in total. The van der Waals surface area contributed by atoms with E-state index in [0.717, 1.165) is 46.4 Å². The van der Waals surface area contributed by atoms with Gasteiger partial charge in [0.05, 0.1) is 36.1 Å². The molecule has 0 saturated heterocycles. The Bertz CT molecular complexity index is 980. The van der Waals surface area contributed by atoms with E-state index in [9.17, 15) is 4.79 Å². The zero-order chi connectivity index (χ0) is 18.1. The third-order valence-corrected chi connectivity index (χ3v) is 4.78. The Balaban J connectivity index is 1.60. The molecule has 0 unspecified atom stereocenters. The maximum absolute atomic E-state index is 12.0. The highest BCUT2D eigenvalue weighted by Gasteiger charge is 2.30. The van der Waals surface area contributed by atoms with Crippen molar-refractivity contribution in [3.05, 3.63) is 65.1 Å². The van der Waals surface area contributed by atoms with Gasteiger partial charge >= 0.3 is 5.97 Å². The molecule has 0 amide bonds. The van der Waals surface area contributed by atoms with Gasteiger partial charge in [-0.1, -0.05) is 18.2 Å². The summed E-state index contributed by atoms with van der Waals surface area (Å²) in [5.74, 6) is 0.0722. The molecule has 3 aromatic rings. The van der Waals surface area contributed by atoms with Gasteiger partial charge in [0.2, 0.25) is 0 Å². The average molecular weight is 347 g/mol. The quantitative estimate of drug-likeness (QED) is 0.700. The minimum Gasteiger partial charge on any atom is -0.465 e. The molecule has 2 heterocycles. The molecule has 4 rings (SSSR count). The summed E-state index contributed by atoms with van der Waals surface area (Å²) in [6.45, 7) is 2.66. The van der Waals surface area contributed by atoms with Crippen LogP contribution in [0.1, 0.15) is 46.1 Å². The van der Waals surface area contributed by atoms with Crippen molar-refractivity contribution in [3.63, 3.8) is 0 Å². The van der Waals surface area contributed by atoms with Crippen LogP contribution in [0.4, 0.5) is 5.69 Å². The van der Waals surface area contributed by atoms with Crippen LogP contribution in [-0.2, 0) is 11.3 Å². The van der Waals surface area contributed by atoms with Gasteiger partial charge in [-0.2, -0.15) is 0 Å². The van der Waals surface area contributed by atoms with E-state index >= 15 is 0 Å². The average Bonchev–Trinajstić information content (AvgIpc) is 3.51. The normalized spacial score (nSPS) is 13.6. The summed E-state index contributed by atoms with van der Waals surface area (Å²) in [6, 6.07) is 11.9. The molecule has 2 aromatic heterocycles. The summed E-state index contributed by atoms with van der Waals surface area (Å²) >= 11 is 0. The molecule has 1 fully saturated rings. The number of hydrogen-bond donors (Lipinski definition) is 1. The lowest BCUT2D eigenvalue weighted by Gasteiger charge is -2.12. The molecule has 0 aliphatic heterocycles. The first kappa shape index (κ1) is 16.5. The van der Waals surface area contributed by atoms with Crippen LogP contribution in [0.15, 0.2) is 42.6 Å². The molecule has 132 valence electrons. The Morgan fingerprint density at radius 3 is 2.85 bits per heavy atom. The minimum absolute atomic E-state index is 0.311. The van der Waals surface area contributed by atoms with E-state index in [2.05, 4.69) is 29.4 Å². The maximum atomic E-state index is 12.0. The standard InChI is InChI=1S/C21H21N3O2/c1-13-4-3-5-16-18(10-11-22-19(13)16)23-12-15-8-9-17(21(25)26-2)20(24-15)14-6-7-14/h3-5,8-11,14H,6-7,12H2,1-2H3,(H,22,23). The second kappa shape index (κ2) is 6.75. The van der Waals surface area contributed by atoms with Crippen LogP contribution in [0.5, 0.6) is 0 Å². The van der Waals surface area contributed by atoms with E-state index in [1.165, 1.54) is 7.11 Å². The largest absolute Gasteiger partial charge is 0.465 e. The minimum atomic E-state index is -0.311. The Kier molecular flexibility index (Phi) is 4.29. The maximum Gasteiger partial charge on any atom is 0.339 e. The van der Waals surface area contributed by atoms with Crippen molar-refractivity contribution in [2.24, 2.45) is 0 Å². The summed E-state index contributed by atoms with van der Waals surface area (Å²) < 4.78 is 4.88. The Labute approximate surface area is 152 Å². The third-order valence-electron chi connectivity index (χ3n) is 4.78. The van der Waals surface area contributed by atoms with E-state index in [-0.39, 0.29) is 5.97 Å². The lowest BCUT2D eigenvalue weighted by atomic mass is 10.1. The topological polar surface area (TPSA) is 64.1 Å². The lowest BCUT2D eigenvalue weighted by Crippen LogP contribution is -2.10. The number of aromatic nitrogens is 2. The van der Waals surface area contributed by atoms with Crippen molar-refractivity contribution in [2.75, 3.05) is 12.4 Å². The zero-order valence-electron chi connectivity index (χ0n) is 15.0. The predicted molar refractivity (Wildman–Crippen MR) is 101 cm³/mol. The smallest absolute Gasteiger partial charge is 0.339 e. The van der Waals surface area contributed by atoms with Gasteiger partial charge in [-0.15, -0.1) is 0 Å². The number of carbonyl (C=O) groups excluding carboxylic acids is 1. The first-order valence-electron chi connectivity index (χ1n) is 8.83. The predicted octanol–water partition coefficient (Wildman–Crippen LogP) is 4.21. The van der Waals surface area contributed by atoms with Gasteiger partial charge in [0, 0.05) is 23.2 Å². The molecular weight excluding hydrogens is 326 g/mol. The number of nitrogens with one attached hydrogen (secondary N) is 1. The molecule has 1 aliphatic rings. The lowest BCUT2D eigenvalue weighted by molar-refractivity contribution is 0.0598. The molecule has 5 nitrogen and oxygen atoms in total. The molecule has 1 aliphatic carbocycles. The number of esters is 1. The number of para-hydroxylation sites is 1. The third kappa shape index (κ3) is 3.12. The number of pyridine rings is 2. The molecule has 0 radical (unpaired) electrons. The van der Waals surface area contributed by atoms with Gasteiger partial charge in [-0.25, -0.2) is 4.79 Å². The number of aryl methyl sites for hydroxylation is 1. The molecule has 5 heteroatoms. The monoisotopic (exact) mass is 347 g/mol. The Morgan fingerprint density at radius 2 is 2.08 bits per heavy atom. The highest BCUT2D eigenvalue weighted by molar-refractivity contribution is 5.93. The fraction of sp³-hybridized carbons (Fsp3) is 0.286. The molecule has 0 atom stereocenters. The van der Waals surface area contributed by atoms with Crippen LogP contribution < -0.4 is 5.32 Å². The molecule has 26 heavy (non-hydrogen) atoms. The highest BCUT2D eigenvalue weighted by atomic mass is 16.5. The number of anilines is 1. The number of carbonyl (C=O) groups is 1. The second-order valence-electron chi connectivity index (χ2n) is 6.68. The van der Waals surface area contributed by atoms with Crippen LogP contribution in [0.25, 0.3) is 10.9 Å². The fourth-order valence-electron chi connectivity index (χ4n) is 3.23. The van der Waals surface area contributed by atoms with Crippen molar-refractivity contribution in [3.8, 4) is 0 Å². The summed E-state index contributed by atoms with van der Waals surface area (Å²) in [7, 11) is 1.41. The number of hydrogen-bond acceptors (Lipinski definition) is 5. The van der Waals surface area contributed by atoms with E-state index < -0.39 is 0 Å². The van der Waals surface area contributed by atoms with Gasteiger partial charge < -0.3 is 10.1 Å². The van der Waals surface area contributed by atoms with Gasteiger partial charge in [0.25, 0.3) is 0 Å². The van der Waals surface area contributed by atoms with E-state index in [1.54, 1.807) is 0 Å². The van der Waals surface area contributed by atoms with Crippen molar-refractivity contribution >= 4 is 22.6 Å². The van der Waals surface area contributed by atoms with E-state index in [4.69, 9.17) is 9.72 Å². The van der Waals surface area contributed by atoms with Gasteiger partial charge in [-0.05, 0) is 43.5 Å². The van der Waals surface area contributed by atoms with E-state index in [0.29, 0.717) is 18.0 Å². The van der Waals surface area contributed by atoms with Crippen molar-refractivity contribution in [1.29, 1.82) is 0 Å². The Hall–Kier alpha value is -2.95. The first-order valence-corrected chi connectivity index (χ1v) is 8.83. The molecule has 0 spiro atoms. The number of rotatable bonds is 5. The molecule has 1 aromatic carbocycles. The number of nitrogens with zero attached hydrogens (tertiary/aromatic N) is 2. The summed E-state index contributed by atoms with van der Waals surface area (Å²) in [4.78, 5) is 21.2. The number of benzene rings is 1. The second-order valence-corrected chi connectivity index (χ2v) is 6.68. The van der Waals surface area contributed by atoms with Crippen LogP contribution in [0, 0.1) is 6.92 Å². The molecular formula is C21H21N3O2. The van der Waals surface area contributed by atoms with Crippen molar-refractivity contribution < 1.29 is 9.53 Å². The fourth-order valence-corrected chi connectivity index (χ4v) is 3.23. The highest BCUT2D eigenvalue weighted by Crippen LogP contribution is 2.40. The van der Waals surface area contributed by atoms with Crippen molar-refractivity contribution in [2.45, 2.75) is 32.2 Å². The van der Waals surface area contributed by atoms with Gasteiger partial charge in [-0.3, -0.25) is 9.97 Å². The van der Waals surface area contributed by atoms with E-state index in [1.807, 2.05) is 30.5 Å². The Morgan fingerprint density at radius 1 is 1.23 bits per heavy atom. The van der Waals surface area contributed by atoms with Crippen LogP contribution in [-0.4, -0.2) is 23.0 Å². The summed E-state index contributed by atoms with van der Waals surface area (Å²) in [5, 5.41) is 4.56. The van der Waals surface area contributed by atoms with Gasteiger partial charge in [0.15, 0.2) is 0 Å². The summed E-state index contributed by atoms with van der Waals surface area (Å²) in [5.41, 5.74) is 5.56.